The van der Waals surface area contributed by atoms with Gasteiger partial charge in [-0.3, -0.25) is 4.79 Å². The SMILES string of the molecule is CNS(=O)(=O)c1cc(C(=O)NC[C@@H](c2ccccc2)N(C)C)ccc1OC. The predicted molar refractivity (Wildman–Crippen MR) is 104 cm³/mol. The number of hydrogen-bond acceptors (Lipinski definition) is 5. The highest BCUT2D eigenvalue weighted by Gasteiger charge is 2.21. The third kappa shape index (κ3) is 5.06. The van der Waals surface area contributed by atoms with Crippen molar-refractivity contribution in [1.82, 2.24) is 14.9 Å². The van der Waals surface area contributed by atoms with Crippen molar-refractivity contribution < 1.29 is 17.9 Å². The molecule has 1 amide bonds. The molecule has 2 aromatic carbocycles. The van der Waals surface area contributed by atoms with Crippen LogP contribution in [0.15, 0.2) is 53.4 Å². The molecule has 0 unspecified atom stereocenters. The van der Waals surface area contributed by atoms with Gasteiger partial charge in [0.15, 0.2) is 0 Å². The normalized spacial score (nSPS) is 12.6. The summed E-state index contributed by atoms with van der Waals surface area (Å²) in [7, 11) is 2.82. The summed E-state index contributed by atoms with van der Waals surface area (Å²) >= 11 is 0. The molecular weight excluding hydrogens is 366 g/mol. The Hall–Kier alpha value is -2.42. The summed E-state index contributed by atoms with van der Waals surface area (Å²) < 4.78 is 31.7. The topological polar surface area (TPSA) is 87.7 Å². The molecule has 0 saturated carbocycles. The number of nitrogens with one attached hydrogen (secondary N) is 2. The molecule has 0 aromatic heterocycles. The van der Waals surface area contributed by atoms with Crippen molar-refractivity contribution in [3.63, 3.8) is 0 Å². The van der Waals surface area contributed by atoms with E-state index < -0.39 is 10.0 Å². The van der Waals surface area contributed by atoms with Gasteiger partial charge in [-0.1, -0.05) is 30.3 Å². The number of sulfonamides is 1. The highest BCUT2D eigenvalue weighted by molar-refractivity contribution is 7.89. The van der Waals surface area contributed by atoms with E-state index in [-0.39, 0.29) is 28.2 Å². The highest BCUT2D eigenvalue weighted by atomic mass is 32.2. The molecule has 27 heavy (non-hydrogen) atoms. The molecule has 0 bridgehead atoms. The zero-order chi connectivity index (χ0) is 20.0. The van der Waals surface area contributed by atoms with Gasteiger partial charge in [0.05, 0.1) is 13.2 Å². The van der Waals surface area contributed by atoms with Gasteiger partial charge in [-0.05, 0) is 44.9 Å². The van der Waals surface area contributed by atoms with Crippen LogP contribution in [0.3, 0.4) is 0 Å². The zero-order valence-corrected chi connectivity index (χ0v) is 16.7. The molecule has 8 heteroatoms. The molecule has 2 rings (SSSR count). The number of methoxy groups -OCH3 is 1. The molecule has 0 fully saturated rings. The van der Waals surface area contributed by atoms with E-state index in [0.717, 1.165) is 5.56 Å². The maximum Gasteiger partial charge on any atom is 0.251 e. The molecule has 0 spiro atoms. The third-order valence-electron chi connectivity index (χ3n) is 4.25. The van der Waals surface area contributed by atoms with Crippen LogP contribution in [0.1, 0.15) is 22.0 Å². The van der Waals surface area contributed by atoms with Crippen LogP contribution < -0.4 is 14.8 Å². The van der Waals surface area contributed by atoms with Crippen molar-refractivity contribution in [2.24, 2.45) is 0 Å². The molecule has 0 aliphatic carbocycles. The number of benzene rings is 2. The number of nitrogens with zero attached hydrogens (tertiary/aromatic N) is 1. The second-order valence-electron chi connectivity index (χ2n) is 6.17. The van der Waals surface area contributed by atoms with Gasteiger partial charge in [-0.2, -0.15) is 0 Å². The van der Waals surface area contributed by atoms with E-state index in [0.29, 0.717) is 6.54 Å². The van der Waals surface area contributed by atoms with Gasteiger partial charge in [-0.25, -0.2) is 13.1 Å². The quantitative estimate of drug-likeness (QED) is 0.714. The van der Waals surface area contributed by atoms with E-state index >= 15 is 0 Å². The Morgan fingerprint density at radius 2 is 1.81 bits per heavy atom. The lowest BCUT2D eigenvalue weighted by atomic mass is 10.1. The number of ether oxygens (including phenoxy) is 1. The number of rotatable bonds is 8. The van der Waals surface area contributed by atoms with Gasteiger partial charge in [-0.15, -0.1) is 0 Å². The Morgan fingerprint density at radius 3 is 2.37 bits per heavy atom. The van der Waals surface area contributed by atoms with E-state index in [2.05, 4.69) is 10.0 Å². The minimum atomic E-state index is -3.75. The van der Waals surface area contributed by atoms with Crippen LogP contribution in [0.4, 0.5) is 0 Å². The lowest BCUT2D eigenvalue weighted by molar-refractivity contribution is 0.0941. The summed E-state index contributed by atoms with van der Waals surface area (Å²) in [6.07, 6.45) is 0. The van der Waals surface area contributed by atoms with Crippen LogP contribution in [-0.2, 0) is 10.0 Å². The fraction of sp³-hybridized carbons (Fsp3) is 0.316. The highest BCUT2D eigenvalue weighted by Crippen LogP contribution is 2.25. The Morgan fingerprint density at radius 1 is 1.15 bits per heavy atom. The van der Waals surface area contributed by atoms with Crippen molar-refractivity contribution in [2.45, 2.75) is 10.9 Å². The van der Waals surface area contributed by atoms with Gasteiger partial charge in [0, 0.05) is 12.1 Å². The zero-order valence-electron chi connectivity index (χ0n) is 15.9. The molecule has 0 radical (unpaired) electrons. The first-order valence-electron chi connectivity index (χ1n) is 8.41. The fourth-order valence-electron chi connectivity index (χ4n) is 2.70. The Labute approximate surface area is 160 Å². The number of carbonyl (C=O) groups is 1. The number of hydrogen-bond donors (Lipinski definition) is 2. The number of amides is 1. The molecular formula is C19H25N3O4S. The van der Waals surface area contributed by atoms with Crippen LogP contribution in [0.25, 0.3) is 0 Å². The average molecular weight is 391 g/mol. The van der Waals surface area contributed by atoms with E-state index in [1.807, 2.05) is 49.3 Å². The average Bonchev–Trinajstić information content (AvgIpc) is 2.68. The van der Waals surface area contributed by atoms with Crippen molar-refractivity contribution in [1.29, 1.82) is 0 Å². The summed E-state index contributed by atoms with van der Waals surface area (Å²) in [5.41, 5.74) is 1.33. The van der Waals surface area contributed by atoms with E-state index in [4.69, 9.17) is 4.74 Å². The molecule has 7 nitrogen and oxygen atoms in total. The molecule has 2 aromatic rings. The number of likely N-dealkylation sites (N-methyl/N-ethyl adjacent to an activating group) is 1. The molecule has 1 atom stereocenters. The molecule has 2 N–H and O–H groups in total. The summed E-state index contributed by atoms with van der Waals surface area (Å²) in [4.78, 5) is 14.5. The van der Waals surface area contributed by atoms with Crippen molar-refractivity contribution >= 4 is 15.9 Å². The lowest BCUT2D eigenvalue weighted by Gasteiger charge is -2.25. The van der Waals surface area contributed by atoms with Gasteiger partial charge in [0.1, 0.15) is 10.6 Å². The minimum Gasteiger partial charge on any atom is -0.495 e. The maximum atomic E-state index is 12.6. The van der Waals surface area contributed by atoms with Crippen LogP contribution in [-0.4, -0.2) is 54.0 Å². The van der Waals surface area contributed by atoms with E-state index in [9.17, 15) is 13.2 Å². The fourth-order valence-corrected chi connectivity index (χ4v) is 3.62. The van der Waals surface area contributed by atoms with Crippen molar-refractivity contribution in [3.8, 4) is 5.75 Å². The van der Waals surface area contributed by atoms with E-state index in [1.54, 1.807) is 0 Å². The minimum absolute atomic E-state index is 0.00564. The van der Waals surface area contributed by atoms with Crippen molar-refractivity contribution in [2.75, 3.05) is 34.8 Å². The van der Waals surface area contributed by atoms with Crippen LogP contribution >= 0.6 is 0 Å². The van der Waals surface area contributed by atoms with Crippen molar-refractivity contribution in [3.05, 3.63) is 59.7 Å². The summed E-state index contributed by atoms with van der Waals surface area (Å²) in [6, 6.07) is 14.2. The van der Waals surface area contributed by atoms with Crippen LogP contribution in [0.5, 0.6) is 5.75 Å². The molecule has 0 aliphatic heterocycles. The predicted octanol–water partition coefficient (Wildman–Crippen LogP) is 1.64. The van der Waals surface area contributed by atoms with Crippen LogP contribution in [0.2, 0.25) is 0 Å². The smallest absolute Gasteiger partial charge is 0.251 e. The second kappa shape index (κ2) is 8.98. The van der Waals surface area contributed by atoms with Crippen LogP contribution in [0, 0.1) is 0 Å². The summed E-state index contributed by atoms with van der Waals surface area (Å²) in [5, 5.41) is 2.88. The first kappa shape index (κ1) is 20.9. The largest absolute Gasteiger partial charge is 0.495 e. The first-order valence-corrected chi connectivity index (χ1v) is 9.89. The Balaban J connectivity index is 2.22. The summed E-state index contributed by atoms with van der Waals surface area (Å²) in [5.74, 6) is -0.177. The maximum absolute atomic E-state index is 12.6. The monoisotopic (exact) mass is 391 g/mol. The van der Waals surface area contributed by atoms with E-state index in [1.165, 1.54) is 32.4 Å². The second-order valence-corrected chi connectivity index (χ2v) is 8.03. The Kier molecular flexibility index (Phi) is 6.95. The first-order chi connectivity index (χ1) is 12.8. The molecule has 146 valence electrons. The lowest BCUT2D eigenvalue weighted by Crippen LogP contribution is -2.34. The van der Waals surface area contributed by atoms with Gasteiger partial charge < -0.3 is 15.0 Å². The molecule has 0 aliphatic rings. The van der Waals surface area contributed by atoms with Gasteiger partial charge >= 0.3 is 0 Å². The van der Waals surface area contributed by atoms with Gasteiger partial charge in [0.25, 0.3) is 5.91 Å². The molecule has 0 heterocycles. The van der Waals surface area contributed by atoms with Gasteiger partial charge in [0.2, 0.25) is 10.0 Å². The standard InChI is InChI=1S/C19H25N3O4S/c1-20-27(24,25)18-12-15(10-11-17(18)26-4)19(23)21-13-16(22(2)3)14-8-6-5-7-9-14/h5-12,16,20H,13H2,1-4H3,(H,21,23)/t16-/m0/s1. The Bertz CT molecular complexity index is 883. The third-order valence-corrected chi connectivity index (χ3v) is 5.68. The summed E-state index contributed by atoms with van der Waals surface area (Å²) in [6.45, 7) is 0.385. The number of carbonyl (C=O) groups excluding carboxylic acids is 1. The molecule has 0 saturated heterocycles.